The molecule has 3 aromatic rings. The third-order valence-corrected chi connectivity index (χ3v) is 4.36. The molecule has 5 nitrogen and oxygen atoms in total. The van der Waals surface area contributed by atoms with Gasteiger partial charge in [0.15, 0.2) is 5.78 Å². The molecule has 0 spiro atoms. The zero-order valence-electron chi connectivity index (χ0n) is 15.2. The van der Waals surface area contributed by atoms with Crippen molar-refractivity contribution in [1.82, 2.24) is 9.88 Å². The van der Waals surface area contributed by atoms with Crippen molar-refractivity contribution in [2.24, 2.45) is 0 Å². The molecule has 1 aromatic heterocycles. The number of hydrogen-bond donors (Lipinski definition) is 1. The second-order valence-electron chi connectivity index (χ2n) is 6.42. The lowest BCUT2D eigenvalue weighted by molar-refractivity contribution is 0.0904. The smallest absolute Gasteiger partial charge is 0.251 e. The number of carbonyl (C=O) groups is 2. The molecule has 1 amide bonds. The fourth-order valence-electron chi connectivity index (χ4n) is 2.88. The lowest BCUT2D eigenvalue weighted by atomic mass is 10.1. The molecule has 0 fully saturated rings. The molecule has 0 aliphatic heterocycles. The van der Waals surface area contributed by atoms with Gasteiger partial charge in [-0.1, -0.05) is 6.07 Å². The van der Waals surface area contributed by atoms with Crippen LogP contribution in [-0.2, 0) is 0 Å². The van der Waals surface area contributed by atoms with Crippen LogP contribution >= 0.6 is 0 Å². The number of Topliss-reactive ketones (excluding diaryl/α,β-unsaturated/α-hetero) is 1. The predicted molar refractivity (Wildman–Crippen MR) is 102 cm³/mol. The molecule has 2 aromatic carbocycles. The second-order valence-corrected chi connectivity index (χ2v) is 6.42. The van der Waals surface area contributed by atoms with E-state index < -0.39 is 0 Å². The number of ether oxygens (including phenoxy) is 1. The number of fused-ring (bicyclic) bond motifs is 1. The molecule has 0 radical (unpaired) electrons. The molecular weight excluding hydrogens is 328 g/mol. The highest BCUT2D eigenvalue weighted by atomic mass is 16.5. The fourth-order valence-corrected chi connectivity index (χ4v) is 2.88. The molecule has 0 saturated heterocycles. The van der Waals surface area contributed by atoms with E-state index in [-0.39, 0.29) is 18.2 Å². The van der Waals surface area contributed by atoms with E-state index in [4.69, 9.17) is 4.74 Å². The number of rotatable bonds is 6. The van der Waals surface area contributed by atoms with Crippen LogP contribution < -0.4 is 10.1 Å². The van der Waals surface area contributed by atoms with Gasteiger partial charge < -0.3 is 14.6 Å². The van der Waals surface area contributed by atoms with Crippen molar-refractivity contribution in [1.29, 1.82) is 0 Å². The van der Waals surface area contributed by atoms with Crippen molar-refractivity contribution < 1.29 is 14.3 Å². The van der Waals surface area contributed by atoms with E-state index in [1.165, 1.54) is 0 Å². The highest BCUT2D eigenvalue weighted by Crippen LogP contribution is 2.21. The average Bonchev–Trinajstić information content (AvgIpc) is 3.09. The Bertz CT molecular complexity index is 940. The standard InChI is InChI=1S/C21H22N2O3/c1-14(2)23-11-10-15-4-5-17(12-19(15)23)21(25)22-13-20(24)16-6-8-18(26-3)9-7-16/h4-12,14H,13H2,1-3H3,(H,22,25). The topological polar surface area (TPSA) is 60.3 Å². The van der Waals surface area contributed by atoms with E-state index in [1.54, 1.807) is 37.4 Å². The SMILES string of the molecule is COc1ccc(C(=O)CNC(=O)c2ccc3ccn(C(C)C)c3c2)cc1. The van der Waals surface area contributed by atoms with Crippen LogP contribution in [0.3, 0.4) is 0 Å². The molecule has 0 saturated carbocycles. The normalized spacial score (nSPS) is 10.9. The minimum absolute atomic E-state index is 0.0472. The molecule has 134 valence electrons. The van der Waals surface area contributed by atoms with Crippen LogP contribution in [0, 0.1) is 0 Å². The van der Waals surface area contributed by atoms with Gasteiger partial charge in [0, 0.05) is 28.9 Å². The van der Waals surface area contributed by atoms with Crippen LogP contribution in [0.4, 0.5) is 0 Å². The average molecular weight is 350 g/mol. The van der Waals surface area contributed by atoms with Gasteiger partial charge in [0.25, 0.3) is 5.91 Å². The first-order valence-electron chi connectivity index (χ1n) is 8.55. The number of carbonyl (C=O) groups excluding carboxylic acids is 2. The van der Waals surface area contributed by atoms with Crippen molar-refractivity contribution in [3.63, 3.8) is 0 Å². The Hall–Kier alpha value is -3.08. The van der Waals surface area contributed by atoms with E-state index in [9.17, 15) is 9.59 Å². The molecule has 5 heteroatoms. The Morgan fingerprint density at radius 1 is 1.04 bits per heavy atom. The second kappa shape index (κ2) is 7.44. The van der Waals surface area contributed by atoms with E-state index >= 15 is 0 Å². The highest BCUT2D eigenvalue weighted by molar-refractivity contribution is 6.03. The van der Waals surface area contributed by atoms with Crippen LogP contribution in [0.1, 0.15) is 40.6 Å². The number of aromatic nitrogens is 1. The van der Waals surface area contributed by atoms with Gasteiger partial charge in [-0.25, -0.2) is 0 Å². The number of methoxy groups -OCH3 is 1. The van der Waals surface area contributed by atoms with Gasteiger partial charge >= 0.3 is 0 Å². The first kappa shape index (κ1) is 17.7. The Balaban J connectivity index is 1.70. The van der Waals surface area contributed by atoms with E-state index in [0.717, 1.165) is 10.9 Å². The number of hydrogen-bond acceptors (Lipinski definition) is 3. The first-order valence-corrected chi connectivity index (χ1v) is 8.55. The summed E-state index contributed by atoms with van der Waals surface area (Å²) in [7, 11) is 1.57. The van der Waals surface area contributed by atoms with Gasteiger partial charge in [0.1, 0.15) is 5.75 Å². The van der Waals surface area contributed by atoms with E-state index in [2.05, 4.69) is 23.7 Å². The summed E-state index contributed by atoms with van der Waals surface area (Å²) in [4.78, 5) is 24.7. The summed E-state index contributed by atoms with van der Waals surface area (Å²) in [5, 5.41) is 3.79. The van der Waals surface area contributed by atoms with Gasteiger partial charge in [-0.3, -0.25) is 9.59 Å². The molecule has 1 N–H and O–H groups in total. The van der Waals surface area contributed by atoms with Crippen LogP contribution in [0.25, 0.3) is 10.9 Å². The molecule has 0 aliphatic carbocycles. The summed E-state index contributed by atoms with van der Waals surface area (Å²) in [6.07, 6.45) is 2.02. The van der Waals surface area contributed by atoms with E-state index in [1.807, 2.05) is 24.4 Å². The van der Waals surface area contributed by atoms with Gasteiger partial charge in [-0.15, -0.1) is 0 Å². The van der Waals surface area contributed by atoms with Crippen molar-refractivity contribution in [2.45, 2.75) is 19.9 Å². The highest BCUT2D eigenvalue weighted by Gasteiger charge is 2.12. The monoisotopic (exact) mass is 350 g/mol. The minimum Gasteiger partial charge on any atom is -0.497 e. The number of amides is 1. The molecule has 1 heterocycles. The molecule has 0 bridgehead atoms. The Morgan fingerprint density at radius 3 is 2.38 bits per heavy atom. The summed E-state index contributed by atoms with van der Waals surface area (Å²) in [6.45, 7) is 4.15. The van der Waals surface area contributed by atoms with Crippen LogP contribution in [-0.4, -0.2) is 29.9 Å². The van der Waals surface area contributed by atoms with Gasteiger partial charge in [0.2, 0.25) is 0 Å². The van der Waals surface area contributed by atoms with Crippen LogP contribution in [0.5, 0.6) is 5.75 Å². The zero-order valence-corrected chi connectivity index (χ0v) is 15.2. The van der Waals surface area contributed by atoms with Crippen LogP contribution in [0.15, 0.2) is 54.7 Å². The molecular formula is C21H22N2O3. The molecule has 0 unspecified atom stereocenters. The summed E-state index contributed by atoms with van der Waals surface area (Å²) in [6, 6.07) is 14.7. The lowest BCUT2D eigenvalue weighted by Crippen LogP contribution is -2.29. The van der Waals surface area contributed by atoms with Gasteiger partial charge in [-0.2, -0.15) is 0 Å². The maximum Gasteiger partial charge on any atom is 0.251 e. The Kier molecular flexibility index (Phi) is 5.07. The Morgan fingerprint density at radius 2 is 1.73 bits per heavy atom. The number of benzene rings is 2. The van der Waals surface area contributed by atoms with Crippen molar-refractivity contribution >= 4 is 22.6 Å². The van der Waals surface area contributed by atoms with Crippen molar-refractivity contribution in [3.8, 4) is 5.75 Å². The maximum atomic E-state index is 12.4. The minimum atomic E-state index is -0.259. The summed E-state index contributed by atoms with van der Waals surface area (Å²) in [5.41, 5.74) is 2.09. The van der Waals surface area contributed by atoms with Crippen molar-refractivity contribution in [2.75, 3.05) is 13.7 Å². The molecule has 0 aliphatic rings. The predicted octanol–water partition coefficient (Wildman–Crippen LogP) is 3.84. The molecule has 3 rings (SSSR count). The summed E-state index contributed by atoms with van der Waals surface area (Å²) < 4.78 is 7.20. The van der Waals surface area contributed by atoms with Gasteiger partial charge in [-0.05, 0) is 61.7 Å². The van der Waals surface area contributed by atoms with Crippen LogP contribution in [0.2, 0.25) is 0 Å². The van der Waals surface area contributed by atoms with Gasteiger partial charge in [0.05, 0.1) is 13.7 Å². The van der Waals surface area contributed by atoms with E-state index in [0.29, 0.717) is 22.9 Å². The largest absolute Gasteiger partial charge is 0.497 e. The van der Waals surface area contributed by atoms with Crippen molar-refractivity contribution in [3.05, 3.63) is 65.9 Å². The third-order valence-electron chi connectivity index (χ3n) is 4.36. The number of ketones is 1. The fraction of sp³-hybridized carbons (Fsp3) is 0.238. The lowest BCUT2D eigenvalue weighted by Gasteiger charge is -2.10. The summed E-state index contributed by atoms with van der Waals surface area (Å²) in [5.74, 6) is 0.282. The Labute approximate surface area is 152 Å². The number of nitrogens with one attached hydrogen (secondary N) is 1. The molecule has 0 atom stereocenters. The quantitative estimate of drug-likeness (QED) is 0.687. The zero-order chi connectivity index (χ0) is 18.7. The summed E-state index contributed by atoms with van der Waals surface area (Å²) >= 11 is 0. The molecule has 26 heavy (non-hydrogen) atoms. The third kappa shape index (κ3) is 3.61. The number of nitrogens with zero attached hydrogens (tertiary/aromatic N) is 1. The first-order chi connectivity index (χ1) is 12.5. The maximum absolute atomic E-state index is 12.4.